The SMILES string of the molecule is CCCCOc1ccc(C=NNC(=Nc2c(Br)cc(C)cc2Br)c2ccc3ccccc3n2)cc1. The minimum absolute atomic E-state index is 0.539. The van der Waals surface area contributed by atoms with Gasteiger partial charge in [-0.25, -0.2) is 9.98 Å². The first kappa shape index (κ1) is 25.1. The number of unbranched alkanes of at least 4 members (excludes halogenated alkanes) is 1. The van der Waals surface area contributed by atoms with Gasteiger partial charge >= 0.3 is 0 Å². The molecule has 1 heterocycles. The molecule has 178 valence electrons. The molecule has 35 heavy (non-hydrogen) atoms. The Bertz CT molecular complexity index is 1340. The lowest BCUT2D eigenvalue weighted by Gasteiger charge is -2.10. The first-order valence-electron chi connectivity index (χ1n) is 11.5. The molecule has 0 saturated carbocycles. The van der Waals surface area contributed by atoms with Crippen molar-refractivity contribution in [1.29, 1.82) is 0 Å². The zero-order chi connectivity index (χ0) is 24.6. The molecule has 0 aliphatic heterocycles. The normalized spacial score (nSPS) is 11.8. The molecule has 0 bridgehead atoms. The van der Waals surface area contributed by atoms with Crippen molar-refractivity contribution < 1.29 is 4.74 Å². The molecule has 0 unspecified atom stereocenters. The van der Waals surface area contributed by atoms with Gasteiger partial charge in [-0.3, -0.25) is 5.43 Å². The van der Waals surface area contributed by atoms with Crippen LogP contribution in [0.4, 0.5) is 5.69 Å². The number of fused-ring (bicyclic) bond motifs is 1. The Morgan fingerprint density at radius 3 is 2.49 bits per heavy atom. The second-order valence-electron chi connectivity index (χ2n) is 8.07. The first-order valence-corrected chi connectivity index (χ1v) is 13.0. The van der Waals surface area contributed by atoms with Crippen LogP contribution in [0.1, 0.15) is 36.6 Å². The predicted molar refractivity (Wildman–Crippen MR) is 152 cm³/mol. The lowest BCUT2D eigenvalue weighted by Crippen LogP contribution is -2.20. The van der Waals surface area contributed by atoms with E-state index >= 15 is 0 Å². The Hall–Kier alpha value is -3.03. The van der Waals surface area contributed by atoms with Crippen molar-refractivity contribution in [2.75, 3.05) is 6.61 Å². The number of aromatic nitrogens is 1. The smallest absolute Gasteiger partial charge is 0.173 e. The lowest BCUT2D eigenvalue weighted by atomic mass is 10.2. The zero-order valence-corrected chi connectivity index (χ0v) is 22.8. The molecule has 0 atom stereocenters. The molecular weight excluding hydrogens is 568 g/mol. The van der Waals surface area contributed by atoms with E-state index in [4.69, 9.17) is 14.7 Å². The van der Waals surface area contributed by atoms with Crippen molar-refractivity contribution in [1.82, 2.24) is 10.4 Å². The number of pyridine rings is 1. The number of para-hydroxylation sites is 1. The Balaban J connectivity index is 1.62. The fraction of sp³-hybridized carbons (Fsp3) is 0.179. The van der Waals surface area contributed by atoms with Crippen LogP contribution in [0.5, 0.6) is 5.75 Å². The monoisotopic (exact) mass is 592 g/mol. The van der Waals surface area contributed by atoms with Crippen LogP contribution in [-0.2, 0) is 0 Å². The average molecular weight is 594 g/mol. The largest absolute Gasteiger partial charge is 0.494 e. The second kappa shape index (κ2) is 12.1. The number of halogens is 2. The maximum Gasteiger partial charge on any atom is 0.173 e. The van der Waals surface area contributed by atoms with Gasteiger partial charge in [0.2, 0.25) is 0 Å². The summed E-state index contributed by atoms with van der Waals surface area (Å²) in [5, 5.41) is 5.53. The predicted octanol–water partition coefficient (Wildman–Crippen LogP) is 7.95. The number of aryl methyl sites for hydroxylation is 1. The van der Waals surface area contributed by atoms with Crippen LogP contribution < -0.4 is 10.2 Å². The van der Waals surface area contributed by atoms with Gasteiger partial charge in [-0.05, 0) is 105 Å². The Morgan fingerprint density at radius 1 is 1.00 bits per heavy atom. The fourth-order valence-electron chi connectivity index (χ4n) is 3.40. The molecule has 1 aromatic heterocycles. The van der Waals surface area contributed by atoms with E-state index in [-0.39, 0.29) is 0 Å². The number of ether oxygens (including phenoxy) is 1. The van der Waals surface area contributed by atoms with Crippen LogP contribution in [0.3, 0.4) is 0 Å². The minimum Gasteiger partial charge on any atom is -0.494 e. The number of hydrogen-bond donors (Lipinski definition) is 1. The number of nitrogens with zero attached hydrogens (tertiary/aromatic N) is 3. The van der Waals surface area contributed by atoms with E-state index < -0.39 is 0 Å². The Labute approximate surface area is 222 Å². The van der Waals surface area contributed by atoms with E-state index in [1.807, 2.05) is 79.7 Å². The molecule has 0 fully saturated rings. The molecular formula is C28H26Br2N4O. The van der Waals surface area contributed by atoms with E-state index in [1.165, 1.54) is 0 Å². The van der Waals surface area contributed by atoms with Gasteiger partial charge in [0.25, 0.3) is 0 Å². The number of amidine groups is 1. The molecule has 7 heteroatoms. The Morgan fingerprint density at radius 2 is 1.74 bits per heavy atom. The number of aliphatic imine (C=N–C) groups is 1. The van der Waals surface area contributed by atoms with Gasteiger partial charge in [0.05, 0.1) is 24.0 Å². The highest BCUT2D eigenvalue weighted by Crippen LogP contribution is 2.35. The van der Waals surface area contributed by atoms with Gasteiger partial charge in [-0.1, -0.05) is 37.6 Å². The maximum absolute atomic E-state index is 5.74. The number of hydrazone groups is 1. The molecule has 0 amide bonds. The molecule has 0 spiro atoms. The van der Waals surface area contributed by atoms with E-state index in [1.54, 1.807) is 6.21 Å². The molecule has 4 rings (SSSR count). The quantitative estimate of drug-likeness (QED) is 0.0976. The number of benzene rings is 3. The summed E-state index contributed by atoms with van der Waals surface area (Å²) >= 11 is 7.27. The van der Waals surface area contributed by atoms with Crippen molar-refractivity contribution >= 4 is 60.5 Å². The fourth-order valence-corrected chi connectivity index (χ4v) is 4.99. The highest BCUT2D eigenvalue weighted by Gasteiger charge is 2.11. The van der Waals surface area contributed by atoms with E-state index in [9.17, 15) is 0 Å². The molecule has 0 aliphatic carbocycles. The minimum atomic E-state index is 0.539. The molecule has 3 aromatic carbocycles. The summed E-state index contributed by atoms with van der Waals surface area (Å²) in [6, 6.07) is 23.9. The van der Waals surface area contributed by atoms with Crippen LogP contribution >= 0.6 is 31.9 Å². The van der Waals surface area contributed by atoms with Gasteiger partial charge in [-0.15, -0.1) is 0 Å². The first-order chi connectivity index (χ1) is 17.0. The summed E-state index contributed by atoms with van der Waals surface area (Å²) in [5.41, 5.74) is 7.53. The van der Waals surface area contributed by atoms with Crippen molar-refractivity contribution in [3.8, 4) is 5.75 Å². The van der Waals surface area contributed by atoms with Crippen molar-refractivity contribution in [2.45, 2.75) is 26.7 Å². The molecule has 5 nitrogen and oxygen atoms in total. The highest BCUT2D eigenvalue weighted by atomic mass is 79.9. The van der Waals surface area contributed by atoms with Crippen LogP contribution in [-0.4, -0.2) is 23.6 Å². The molecule has 0 radical (unpaired) electrons. The summed E-state index contributed by atoms with van der Waals surface area (Å²) in [7, 11) is 0. The van der Waals surface area contributed by atoms with Gasteiger partial charge in [0.1, 0.15) is 11.4 Å². The zero-order valence-electron chi connectivity index (χ0n) is 19.6. The van der Waals surface area contributed by atoms with Crippen molar-refractivity contribution in [3.05, 3.63) is 98.6 Å². The van der Waals surface area contributed by atoms with Gasteiger partial charge in [-0.2, -0.15) is 5.10 Å². The van der Waals surface area contributed by atoms with E-state index in [2.05, 4.69) is 49.3 Å². The number of hydrogen-bond acceptors (Lipinski definition) is 4. The van der Waals surface area contributed by atoms with Gasteiger partial charge in [0.15, 0.2) is 5.84 Å². The summed E-state index contributed by atoms with van der Waals surface area (Å²) in [4.78, 5) is 9.69. The third kappa shape index (κ3) is 6.77. The summed E-state index contributed by atoms with van der Waals surface area (Å²) in [6.07, 6.45) is 3.92. The van der Waals surface area contributed by atoms with Gasteiger partial charge < -0.3 is 4.74 Å². The van der Waals surface area contributed by atoms with Crippen molar-refractivity contribution in [3.63, 3.8) is 0 Å². The van der Waals surface area contributed by atoms with E-state index in [0.717, 1.165) is 61.9 Å². The van der Waals surface area contributed by atoms with Crippen LogP contribution in [0, 0.1) is 6.92 Å². The lowest BCUT2D eigenvalue weighted by molar-refractivity contribution is 0.309. The van der Waals surface area contributed by atoms with Crippen LogP contribution in [0.15, 0.2) is 91.8 Å². The second-order valence-corrected chi connectivity index (χ2v) is 9.78. The maximum atomic E-state index is 5.74. The Kier molecular flexibility index (Phi) is 8.66. The molecule has 1 N–H and O–H groups in total. The third-order valence-electron chi connectivity index (χ3n) is 5.26. The summed E-state index contributed by atoms with van der Waals surface area (Å²) in [6.45, 7) is 4.92. The van der Waals surface area contributed by atoms with Crippen LogP contribution in [0.25, 0.3) is 10.9 Å². The number of rotatable bonds is 8. The average Bonchev–Trinajstić information content (AvgIpc) is 2.86. The summed E-state index contributed by atoms with van der Waals surface area (Å²) in [5.74, 6) is 1.40. The topological polar surface area (TPSA) is 58.9 Å². The van der Waals surface area contributed by atoms with Crippen molar-refractivity contribution in [2.24, 2.45) is 10.1 Å². The van der Waals surface area contributed by atoms with Crippen LogP contribution in [0.2, 0.25) is 0 Å². The molecule has 4 aromatic rings. The number of nitrogens with one attached hydrogen (secondary N) is 1. The van der Waals surface area contributed by atoms with E-state index in [0.29, 0.717) is 11.5 Å². The highest BCUT2D eigenvalue weighted by molar-refractivity contribution is 9.11. The van der Waals surface area contributed by atoms with Gasteiger partial charge in [0, 0.05) is 14.3 Å². The third-order valence-corrected chi connectivity index (χ3v) is 6.47. The molecule has 0 aliphatic rings. The standard InChI is InChI=1S/C28H26Br2N4O/c1-3-4-15-35-22-12-9-20(10-13-22)18-31-34-28(33-27-23(29)16-19(2)17-24(27)30)26-14-11-21-7-5-6-8-25(21)32-26/h5-14,16-18H,3-4,15H2,1-2H3,(H,33,34). The molecule has 0 saturated heterocycles. The summed E-state index contributed by atoms with van der Waals surface area (Å²) < 4.78 is 7.50.